The number of hydrogen-bond acceptors (Lipinski definition) is 4. The van der Waals surface area contributed by atoms with E-state index in [1.165, 1.54) is 0 Å². The number of H-pyrrole nitrogens is 1. The highest BCUT2D eigenvalue weighted by Gasteiger charge is 2.31. The van der Waals surface area contributed by atoms with Gasteiger partial charge in [-0.2, -0.15) is 0 Å². The third kappa shape index (κ3) is 5.89. The van der Waals surface area contributed by atoms with Gasteiger partial charge >= 0.3 is 0 Å². The molecule has 1 atom stereocenters. The molecule has 3 amide bonds. The maximum atomic E-state index is 13.2. The number of benzene rings is 2. The third-order valence-corrected chi connectivity index (χ3v) is 6.82. The lowest BCUT2D eigenvalue weighted by atomic mass is 9.81. The van der Waals surface area contributed by atoms with E-state index in [1.807, 2.05) is 30.3 Å². The highest BCUT2D eigenvalue weighted by Crippen LogP contribution is 2.31. The zero-order chi connectivity index (χ0) is 24.9. The predicted octanol–water partition coefficient (Wildman–Crippen LogP) is 3.52. The van der Waals surface area contributed by atoms with E-state index < -0.39 is 11.9 Å². The van der Waals surface area contributed by atoms with Gasteiger partial charge in [0, 0.05) is 23.0 Å². The minimum absolute atomic E-state index is 0.0752. The number of nitrogens with zero attached hydrogens (tertiary/aromatic N) is 1. The average Bonchev–Trinajstić information content (AvgIpc) is 3.25. The van der Waals surface area contributed by atoms with Crippen LogP contribution < -0.4 is 16.8 Å². The smallest absolute Gasteiger partial charge is 0.248 e. The van der Waals surface area contributed by atoms with Crippen LogP contribution in [0.1, 0.15) is 53.5 Å². The largest absolute Gasteiger partial charge is 0.369 e. The lowest BCUT2D eigenvalue weighted by Gasteiger charge is -2.27. The summed E-state index contributed by atoms with van der Waals surface area (Å²) in [5.41, 5.74) is 13.4. The van der Waals surface area contributed by atoms with Crippen molar-refractivity contribution in [2.75, 3.05) is 0 Å². The summed E-state index contributed by atoms with van der Waals surface area (Å²) in [4.78, 5) is 43.8. The van der Waals surface area contributed by atoms with Gasteiger partial charge in [-0.1, -0.05) is 54.1 Å². The molecule has 6 N–H and O–H groups in total. The number of hydrogen-bond donors (Lipinski definition) is 4. The SMILES string of the molecule is NC(=O)c1ccc(-c2nc([C@H](Cc3ccccc3)NC(=O)C3CCC(C(N)=O)CC3)[nH]c2Cl)cc1. The van der Waals surface area contributed by atoms with E-state index in [0.717, 1.165) is 11.1 Å². The Hall–Kier alpha value is -3.65. The Labute approximate surface area is 208 Å². The Balaban J connectivity index is 1.56. The molecule has 9 heteroatoms. The molecule has 182 valence electrons. The van der Waals surface area contributed by atoms with Crippen molar-refractivity contribution >= 4 is 29.3 Å². The van der Waals surface area contributed by atoms with Crippen LogP contribution in [-0.4, -0.2) is 27.7 Å². The number of rotatable bonds is 8. The van der Waals surface area contributed by atoms with E-state index in [1.54, 1.807) is 24.3 Å². The van der Waals surface area contributed by atoms with E-state index >= 15 is 0 Å². The summed E-state index contributed by atoms with van der Waals surface area (Å²) < 4.78 is 0. The first-order valence-electron chi connectivity index (χ1n) is 11.6. The van der Waals surface area contributed by atoms with Gasteiger partial charge in [-0.15, -0.1) is 0 Å². The first-order chi connectivity index (χ1) is 16.8. The summed E-state index contributed by atoms with van der Waals surface area (Å²) >= 11 is 6.49. The van der Waals surface area contributed by atoms with Gasteiger partial charge in [-0.05, 0) is 49.8 Å². The topological polar surface area (TPSA) is 144 Å². The van der Waals surface area contributed by atoms with Crippen LogP contribution in [0.5, 0.6) is 0 Å². The highest BCUT2D eigenvalue weighted by molar-refractivity contribution is 6.31. The maximum absolute atomic E-state index is 13.2. The highest BCUT2D eigenvalue weighted by atomic mass is 35.5. The Kier molecular flexibility index (Phi) is 7.51. The quantitative estimate of drug-likeness (QED) is 0.380. The molecule has 1 saturated carbocycles. The standard InChI is InChI=1S/C26H28ClN5O3/c27-22-21(16-6-8-17(9-7-16)23(28)33)31-25(32-22)20(14-15-4-2-1-3-5-15)30-26(35)19-12-10-18(11-13-19)24(29)34/h1-9,18-20H,10-14H2,(H2,28,33)(H2,29,34)(H,30,35)(H,31,32)/t18?,19?,20-/m0/s1. The molecule has 1 aliphatic carbocycles. The Morgan fingerprint density at radius 2 is 1.60 bits per heavy atom. The van der Waals surface area contributed by atoms with Crippen LogP contribution >= 0.6 is 11.6 Å². The van der Waals surface area contributed by atoms with E-state index in [2.05, 4.69) is 10.3 Å². The van der Waals surface area contributed by atoms with Crippen LogP contribution in [-0.2, 0) is 16.0 Å². The fourth-order valence-corrected chi connectivity index (χ4v) is 4.76. The summed E-state index contributed by atoms with van der Waals surface area (Å²) in [5, 5.41) is 3.48. The fraction of sp³-hybridized carbons (Fsp3) is 0.308. The summed E-state index contributed by atoms with van der Waals surface area (Å²) in [6.07, 6.45) is 3.00. The Bertz CT molecular complexity index is 1200. The normalized spacial score (nSPS) is 18.5. The summed E-state index contributed by atoms with van der Waals surface area (Å²) in [5.74, 6) is -0.698. The number of nitrogens with two attached hydrogens (primary N) is 2. The minimum atomic E-state index is -0.513. The number of imidazole rings is 1. The Morgan fingerprint density at radius 1 is 0.971 bits per heavy atom. The number of nitrogens with one attached hydrogen (secondary N) is 2. The molecule has 0 spiro atoms. The molecule has 3 aromatic rings. The van der Waals surface area contributed by atoms with Crippen molar-refractivity contribution < 1.29 is 14.4 Å². The first-order valence-corrected chi connectivity index (χ1v) is 12.0. The van der Waals surface area contributed by atoms with E-state index in [-0.39, 0.29) is 23.7 Å². The van der Waals surface area contributed by atoms with Crippen molar-refractivity contribution in [1.82, 2.24) is 15.3 Å². The average molecular weight is 494 g/mol. The van der Waals surface area contributed by atoms with E-state index in [4.69, 9.17) is 28.1 Å². The molecule has 1 heterocycles. The predicted molar refractivity (Wildman–Crippen MR) is 133 cm³/mol. The third-order valence-electron chi connectivity index (χ3n) is 6.55. The van der Waals surface area contributed by atoms with Crippen molar-refractivity contribution in [3.63, 3.8) is 0 Å². The molecule has 1 aliphatic rings. The number of carbonyl (C=O) groups is 3. The molecular formula is C26H28ClN5O3. The molecule has 0 saturated heterocycles. The monoisotopic (exact) mass is 493 g/mol. The first kappa shape index (κ1) is 24.5. The van der Waals surface area contributed by atoms with Gasteiger partial charge in [0.05, 0.1) is 6.04 Å². The molecule has 0 unspecified atom stereocenters. The van der Waals surface area contributed by atoms with Crippen LogP contribution in [0.3, 0.4) is 0 Å². The second-order valence-electron chi connectivity index (χ2n) is 8.93. The number of amides is 3. The second-order valence-corrected chi connectivity index (χ2v) is 9.31. The molecule has 0 radical (unpaired) electrons. The van der Waals surface area contributed by atoms with Crippen molar-refractivity contribution in [2.45, 2.75) is 38.1 Å². The van der Waals surface area contributed by atoms with Crippen LogP contribution in [0.15, 0.2) is 54.6 Å². The van der Waals surface area contributed by atoms with Gasteiger partial charge in [-0.25, -0.2) is 4.98 Å². The molecule has 8 nitrogen and oxygen atoms in total. The fourth-order valence-electron chi connectivity index (χ4n) is 4.51. The molecule has 0 bridgehead atoms. The van der Waals surface area contributed by atoms with Gasteiger partial charge in [0.2, 0.25) is 17.7 Å². The number of halogens is 1. The summed E-state index contributed by atoms with van der Waals surface area (Å²) in [6.45, 7) is 0. The van der Waals surface area contributed by atoms with E-state index in [0.29, 0.717) is 54.3 Å². The number of carbonyl (C=O) groups excluding carboxylic acids is 3. The number of aromatic amines is 1. The summed E-state index contributed by atoms with van der Waals surface area (Å²) in [7, 11) is 0. The van der Waals surface area contributed by atoms with Crippen LogP contribution in [0.25, 0.3) is 11.3 Å². The van der Waals surface area contributed by atoms with Crippen molar-refractivity contribution in [2.24, 2.45) is 23.3 Å². The van der Waals surface area contributed by atoms with Crippen LogP contribution in [0.4, 0.5) is 0 Å². The second kappa shape index (κ2) is 10.7. The van der Waals surface area contributed by atoms with Gasteiger partial charge in [0.25, 0.3) is 0 Å². The van der Waals surface area contributed by atoms with E-state index in [9.17, 15) is 14.4 Å². The Morgan fingerprint density at radius 3 is 2.20 bits per heavy atom. The van der Waals surface area contributed by atoms with Gasteiger partial charge in [0.1, 0.15) is 16.7 Å². The minimum Gasteiger partial charge on any atom is -0.369 e. The molecule has 1 fully saturated rings. The lowest BCUT2D eigenvalue weighted by Crippen LogP contribution is -2.38. The molecule has 35 heavy (non-hydrogen) atoms. The zero-order valence-electron chi connectivity index (χ0n) is 19.2. The maximum Gasteiger partial charge on any atom is 0.248 e. The molecule has 4 rings (SSSR count). The van der Waals surface area contributed by atoms with Crippen LogP contribution in [0, 0.1) is 11.8 Å². The number of aromatic nitrogens is 2. The summed E-state index contributed by atoms with van der Waals surface area (Å²) in [6, 6.07) is 16.1. The molecule has 1 aromatic heterocycles. The van der Waals surface area contributed by atoms with Crippen molar-refractivity contribution in [1.29, 1.82) is 0 Å². The van der Waals surface area contributed by atoms with Gasteiger partial charge in [-0.3, -0.25) is 14.4 Å². The van der Waals surface area contributed by atoms with Crippen molar-refractivity contribution in [3.05, 3.63) is 76.7 Å². The molecular weight excluding hydrogens is 466 g/mol. The number of primary amides is 2. The van der Waals surface area contributed by atoms with Crippen molar-refractivity contribution in [3.8, 4) is 11.3 Å². The van der Waals surface area contributed by atoms with Gasteiger partial charge in [0.15, 0.2) is 0 Å². The molecule has 2 aromatic carbocycles. The lowest BCUT2D eigenvalue weighted by molar-refractivity contribution is -0.129. The van der Waals surface area contributed by atoms with Crippen LogP contribution in [0.2, 0.25) is 5.15 Å². The van der Waals surface area contributed by atoms with Gasteiger partial charge < -0.3 is 21.8 Å². The molecule has 0 aliphatic heterocycles. The zero-order valence-corrected chi connectivity index (χ0v) is 19.9.